The Morgan fingerprint density at radius 3 is 2.57 bits per heavy atom. The summed E-state index contributed by atoms with van der Waals surface area (Å²) < 4.78 is 12.9. The highest BCUT2D eigenvalue weighted by Crippen LogP contribution is 2.45. The summed E-state index contributed by atoms with van der Waals surface area (Å²) in [5, 5.41) is 11.3. The average Bonchev–Trinajstić information content (AvgIpc) is 3.15. The Kier molecular flexibility index (Phi) is 6.43. The monoisotopic (exact) mass is 604 g/mol. The molecule has 4 aromatic rings. The van der Waals surface area contributed by atoms with E-state index in [1.54, 1.807) is 30.3 Å². The van der Waals surface area contributed by atoms with E-state index in [1.807, 2.05) is 24.3 Å². The minimum absolute atomic E-state index is 0.00420. The molecule has 0 aliphatic carbocycles. The number of hydrogen-bond donors (Lipinski definition) is 1. The van der Waals surface area contributed by atoms with Crippen molar-refractivity contribution in [1.82, 2.24) is 0 Å². The van der Waals surface area contributed by atoms with Crippen molar-refractivity contribution in [3.05, 3.63) is 102 Å². The maximum atomic E-state index is 13.0. The van der Waals surface area contributed by atoms with Gasteiger partial charge in [0.25, 0.3) is 0 Å². The summed E-state index contributed by atoms with van der Waals surface area (Å²) in [7, 11) is 0. The Bertz CT molecular complexity index is 1590. The second-order valence-corrected chi connectivity index (χ2v) is 10.8. The second kappa shape index (κ2) is 9.38. The molecule has 0 fully saturated rings. The minimum Gasteiger partial charge on any atom is -0.440 e. The molecular formula is C25H12BrCl3N2O3S. The van der Waals surface area contributed by atoms with Gasteiger partial charge in [0.2, 0.25) is 5.88 Å². The Morgan fingerprint density at radius 1 is 1.11 bits per heavy atom. The van der Waals surface area contributed by atoms with Gasteiger partial charge in [-0.1, -0.05) is 68.9 Å². The third kappa shape index (κ3) is 4.37. The number of nitrogens with zero attached hydrogens (tertiary/aromatic N) is 1. The van der Waals surface area contributed by atoms with Crippen LogP contribution in [0.3, 0.4) is 0 Å². The zero-order chi connectivity index (χ0) is 24.9. The van der Waals surface area contributed by atoms with Gasteiger partial charge in [0.05, 0.1) is 16.0 Å². The second-order valence-electron chi connectivity index (χ2n) is 7.57. The lowest BCUT2D eigenvalue weighted by atomic mass is 9.83. The summed E-state index contributed by atoms with van der Waals surface area (Å²) in [4.78, 5) is 13.2. The van der Waals surface area contributed by atoms with Crippen LogP contribution in [0.15, 0.2) is 70.5 Å². The number of thiophene rings is 1. The van der Waals surface area contributed by atoms with Crippen molar-refractivity contribution in [3.8, 4) is 17.6 Å². The van der Waals surface area contributed by atoms with Gasteiger partial charge < -0.3 is 15.2 Å². The number of rotatable bonds is 3. The van der Waals surface area contributed by atoms with Crippen molar-refractivity contribution in [2.24, 2.45) is 5.73 Å². The number of hydrogen-bond acceptors (Lipinski definition) is 6. The number of ether oxygens (including phenoxy) is 2. The number of esters is 1. The molecule has 2 heterocycles. The van der Waals surface area contributed by atoms with Gasteiger partial charge in [0.15, 0.2) is 0 Å². The molecule has 1 aliphatic rings. The molecule has 5 rings (SSSR count). The van der Waals surface area contributed by atoms with E-state index in [0.29, 0.717) is 31.5 Å². The molecule has 0 spiro atoms. The first-order chi connectivity index (χ1) is 16.8. The van der Waals surface area contributed by atoms with Crippen LogP contribution in [0.2, 0.25) is 15.1 Å². The van der Waals surface area contributed by atoms with Crippen LogP contribution < -0.4 is 15.2 Å². The van der Waals surface area contributed by atoms with Crippen molar-refractivity contribution in [2.75, 3.05) is 0 Å². The molecule has 1 atom stereocenters. The van der Waals surface area contributed by atoms with E-state index >= 15 is 0 Å². The number of halogens is 4. The number of carbonyl (C=O) groups is 1. The van der Waals surface area contributed by atoms with E-state index in [4.69, 9.17) is 50.0 Å². The third-order valence-electron chi connectivity index (χ3n) is 5.44. The highest BCUT2D eigenvalue weighted by Gasteiger charge is 2.31. The third-order valence-corrected chi connectivity index (χ3v) is 8.09. The topological polar surface area (TPSA) is 85.3 Å². The lowest BCUT2D eigenvalue weighted by molar-refractivity contribution is 0.0740. The first-order valence-corrected chi connectivity index (χ1v) is 12.8. The van der Waals surface area contributed by atoms with Gasteiger partial charge in [-0.3, -0.25) is 0 Å². The fourth-order valence-electron chi connectivity index (χ4n) is 3.89. The smallest absolute Gasteiger partial charge is 0.355 e. The summed E-state index contributed by atoms with van der Waals surface area (Å²) in [5.74, 6) is -0.461. The Morgan fingerprint density at radius 2 is 1.86 bits per heavy atom. The molecule has 0 saturated heterocycles. The summed E-state index contributed by atoms with van der Waals surface area (Å²) in [6.45, 7) is 0. The van der Waals surface area contributed by atoms with E-state index in [1.165, 1.54) is 0 Å². The van der Waals surface area contributed by atoms with Crippen LogP contribution in [0.1, 0.15) is 26.7 Å². The Labute approximate surface area is 227 Å². The van der Waals surface area contributed by atoms with Gasteiger partial charge in [-0.25, -0.2) is 4.79 Å². The van der Waals surface area contributed by atoms with Crippen molar-refractivity contribution in [2.45, 2.75) is 5.92 Å². The van der Waals surface area contributed by atoms with Crippen molar-refractivity contribution < 1.29 is 14.3 Å². The van der Waals surface area contributed by atoms with Crippen LogP contribution >= 0.6 is 62.1 Å². The maximum absolute atomic E-state index is 13.0. The fourth-order valence-corrected chi connectivity index (χ4v) is 6.40. The molecule has 35 heavy (non-hydrogen) atoms. The van der Waals surface area contributed by atoms with Crippen LogP contribution in [0.5, 0.6) is 11.5 Å². The molecule has 0 radical (unpaired) electrons. The first kappa shape index (κ1) is 24.0. The Hall–Kier alpha value is -2.73. The minimum atomic E-state index is -0.648. The van der Waals surface area contributed by atoms with E-state index in [9.17, 15) is 10.1 Å². The Balaban J connectivity index is 1.49. The normalized spacial score (nSPS) is 14.9. The van der Waals surface area contributed by atoms with Crippen molar-refractivity contribution >= 4 is 78.1 Å². The van der Waals surface area contributed by atoms with E-state index in [2.05, 4.69) is 22.0 Å². The highest BCUT2D eigenvalue weighted by molar-refractivity contribution is 9.10. The number of nitriles is 1. The number of carbonyl (C=O) groups excluding carboxylic acids is 1. The molecule has 3 aromatic carbocycles. The number of nitrogens with two attached hydrogens (primary N) is 1. The van der Waals surface area contributed by atoms with Gasteiger partial charge in [-0.2, -0.15) is 5.26 Å². The molecule has 0 bridgehead atoms. The predicted octanol–water partition coefficient (Wildman–Crippen LogP) is 8.06. The number of benzene rings is 3. The van der Waals surface area contributed by atoms with E-state index < -0.39 is 11.9 Å². The zero-order valence-corrected chi connectivity index (χ0v) is 22.1. The van der Waals surface area contributed by atoms with Gasteiger partial charge in [-0.05, 0) is 35.9 Å². The van der Waals surface area contributed by atoms with Gasteiger partial charge in [0.1, 0.15) is 28.0 Å². The molecule has 2 N–H and O–H groups in total. The predicted molar refractivity (Wildman–Crippen MR) is 142 cm³/mol. The summed E-state index contributed by atoms with van der Waals surface area (Å²) in [6, 6.07) is 17.9. The van der Waals surface area contributed by atoms with Crippen molar-refractivity contribution in [1.29, 1.82) is 5.26 Å². The maximum Gasteiger partial charge on any atom is 0.355 e. The van der Waals surface area contributed by atoms with E-state index in [-0.39, 0.29) is 21.5 Å². The summed E-state index contributed by atoms with van der Waals surface area (Å²) in [5.41, 5.74) is 7.97. The molecular weight excluding hydrogens is 595 g/mol. The number of allylic oxidation sites excluding steroid dienone is 1. The van der Waals surface area contributed by atoms with Crippen LogP contribution in [0.4, 0.5) is 0 Å². The fraction of sp³-hybridized carbons (Fsp3) is 0.0400. The average molecular weight is 607 g/mol. The van der Waals surface area contributed by atoms with Crippen LogP contribution in [-0.4, -0.2) is 5.97 Å². The summed E-state index contributed by atoms with van der Waals surface area (Å²) >= 11 is 23.3. The molecule has 10 heteroatoms. The molecule has 5 nitrogen and oxygen atoms in total. The zero-order valence-electron chi connectivity index (χ0n) is 17.4. The first-order valence-electron chi connectivity index (χ1n) is 10.0. The largest absolute Gasteiger partial charge is 0.440 e. The lowest BCUT2D eigenvalue weighted by Crippen LogP contribution is -2.21. The van der Waals surface area contributed by atoms with Crippen LogP contribution in [0.25, 0.3) is 10.1 Å². The van der Waals surface area contributed by atoms with Gasteiger partial charge in [-0.15, -0.1) is 11.3 Å². The quantitative estimate of drug-likeness (QED) is 0.188. The highest BCUT2D eigenvalue weighted by atomic mass is 79.9. The summed E-state index contributed by atoms with van der Waals surface area (Å²) in [6.07, 6.45) is 0. The molecule has 1 unspecified atom stereocenters. The molecule has 1 aliphatic heterocycles. The van der Waals surface area contributed by atoms with Crippen LogP contribution in [0, 0.1) is 11.3 Å². The van der Waals surface area contributed by atoms with Crippen molar-refractivity contribution in [3.63, 3.8) is 0 Å². The molecule has 174 valence electrons. The van der Waals surface area contributed by atoms with Gasteiger partial charge in [0, 0.05) is 31.2 Å². The molecule has 1 aromatic heterocycles. The number of fused-ring (bicyclic) bond motifs is 2. The molecule has 0 amide bonds. The van der Waals surface area contributed by atoms with Crippen LogP contribution in [-0.2, 0) is 0 Å². The molecule has 0 saturated carbocycles. The lowest BCUT2D eigenvalue weighted by Gasteiger charge is -2.26. The standard InChI is InChI=1S/C25H12BrCl3N2O3S/c26-12-3-1-11(2-4-12)20-15-6-5-14(9-18(15)34-24(31)16(20)10-30)33-25(32)23-22(29)21-17(28)7-13(27)8-19(21)35-23/h1-9,20H,31H2. The van der Waals surface area contributed by atoms with E-state index in [0.717, 1.165) is 26.9 Å². The van der Waals surface area contributed by atoms with Gasteiger partial charge >= 0.3 is 5.97 Å². The SMILES string of the molecule is N#CC1=C(N)Oc2cc(OC(=O)c3sc4cc(Cl)cc(Cl)c4c3Cl)ccc2C1c1ccc(Br)cc1.